The van der Waals surface area contributed by atoms with Crippen LogP contribution in [-0.4, -0.2) is 24.6 Å². The van der Waals surface area contributed by atoms with E-state index in [0.29, 0.717) is 17.8 Å². The zero-order valence-electron chi connectivity index (χ0n) is 11.2. The molecule has 0 atom stereocenters. The van der Waals surface area contributed by atoms with Crippen molar-refractivity contribution in [3.8, 4) is 0 Å². The van der Waals surface area contributed by atoms with Crippen LogP contribution in [-0.2, 0) is 4.84 Å². The third-order valence-electron chi connectivity index (χ3n) is 2.31. The lowest BCUT2D eigenvalue weighted by molar-refractivity contribution is -0.110. The van der Waals surface area contributed by atoms with Gasteiger partial charge in [0.2, 0.25) is 0 Å². The van der Waals surface area contributed by atoms with Gasteiger partial charge in [-0.3, -0.25) is 9.63 Å². The van der Waals surface area contributed by atoms with Crippen molar-refractivity contribution in [1.29, 1.82) is 0 Å². The number of nitrogen functional groups attached to an aromatic ring is 1. The number of nitrogens with zero attached hydrogens (tertiary/aromatic N) is 1. The summed E-state index contributed by atoms with van der Waals surface area (Å²) in [5, 5.41) is 1.33. The summed E-state index contributed by atoms with van der Waals surface area (Å²) in [5.74, 6) is -0.225. The molecule has 0 saturated heterocycles. The third kappa shape index (κ3) is 3.99. The Balaban J connectivity index is 2.97. The summed E-state index contributed by atoms with van der Waals surface area (Å²) >= 11 is 3.31. The Labute approximate surface area is 116 Å². The first-order valence-corrected chi connectivity index (χ1v) is 6.45. The maximum Gasteiger partial charge on any atom is 0.279 e. The van der Waals surface area contributed by atoms with Crippen molar-refractivity contribution in [3.05, 3.63) is 28.2 Å². The molecule has 100 valence electrons. The number of carbonyl (C=O) groups excluding carboxylic acids is 1. The van der Waals surface area contributed by atoms with E-state index in [0.717, 1.165) is 4.47 Å². The largest absolute Gasteiger partial charge is 0.398 e. The second kappa shape index (κ2) is 5.71. The lowest BCUT2D eigenvalue weighted by atomic mass is 9.96. The molecular formula is C13H19BrN2O2. The molecule has 1 amide bonds. The minimum Gasteiger partial charge on any atom is -0.398 e. The molecule has 0 aromatic heterocycles. The van der Waals surface area contributed by atoms with Crippen molar-refractivity contribution < 1.29 is 9.63 Å². The monoisotopic (exact) mass is 314 g/mol. The van der Waals surface area contributed by atoms with Crippen LogP contribution in [0, 0.1) is 5.41 Å². The van der Waals surface area contributed by atoms with Crippen molar-refractivity contribution in [2.45, 2.75) is 20.8 Å². The van der Waals surface area contributed by atoms with Gasteiger partial charge in [0.05, 0.1) is 19.2 Å². The third-order valence-corrected chi connectivity index (χ3v) is 2.80. The highest BCUT2D eigenvalue weighted by Crippen LogP contribution is 2.22. The molecule has 0 spiro atoms. The quantitative estimate of drug-likeness (QED) is 0.689. The van der Waals surface area contributed by atoms with E-state index in [1.807, 2.05) is 20.8 Å². The molecule has 0 aliphatic heterocycles. The fraction of sp³-hybridized carbons (Fsp3) is 0.462. The van der Waals surface area contributed by atoms with Gasteiger partial charge in [-0.2, -0.15) is 0 Å². The molecule has 0 unspecified atom stereocenters. The highest BCUT2D eigenvalue weighted by molar-refractivity contribution is 9.10. The van der Waals surface area contributed by atoms with Crippen LogP contribution in [0.25, 0.3) is 0 Å². The first kappa shape index (κ1) is 15.0. The van der Waals surface area contributed by atoms with Gasteiger partial charge in [0, 0.05) is 10.2 Å². The van der Waals surface area contributed by atoms with E-state index < -0.39 is 0 Å². The first-order chi connectivity index (χ1) is 8.24. The van der Waals surface area contributed by atoms with Gasteiger partial charge in [-0.05, 0) is 23.6 Å². The van der Waals surface area contributed by atoms with Crippen LogP contribution >= 0.6 is 15.9 Å². The zero-order chi connectivity index (χ0) is 13.9. The molecule has 0 fully saturated rings. The summed E-state index contributed by atoms with van der Waals surface area (Å²) < 4.78 is 0.844. The van der Waals surface area contributed by atoms with Gasteiger partial charge >= 0.3 is 0 Å². The molecule has 0 saturated carbocycles. The Hall–Kier alpha value is -1.07. The predicted molar refractivity (Wildman–Crippen MR) is 76.1 cm³/mol. The van der Waals surface area contributed by atoms with E-state index in [1.54, 1.807) is 18.2 Å². The molecule has 0 aliphatic rings. The average molecular weight is 315 g/mol. The minimum absolute atomic E-state index is 0.0458. The molecule has 1 rings (SSSR count). The Kier molecular flexibility index (Phi) is 4.76. The van der Waals surface area contributed by atoms with Gasteiger partial charge in [0.15, 0.2) is 0 Å². The molecule has 0 heterocycles. The summed E-state index contributed by atoms with van der Waals surface area (Å²) in [6.07, 6.45) is 0. The average Bonchev–Trinajstić information content (AvgIpc) is 2.24. The number of anilines is 1. The van der Waals surface area contributed by atoms with E-state index >= 15 is 0 Å². The molecule has 0 radical (unpaired) electrons. The second-order valence-corrected chi connectivity index (χ2v) is 6.23. The summed E-state index contributed by atoms with van der Waals surface area (Å²) in [5.41, 5.74) is 6.68. The lowest BCUT2D eigenvalue weighted by Crippen LogP contribution is -2.37. The van der Waals surface area contributed by atoms with E-state index in [-0.39, 0.29) is 11.3 Å². The molecule has 0 aliphatic carbocycles. The van der Waals surface area contributed by atoms with Crippen LogP contribution in [0.4, 0.5) is 5.69 Å². The molecule has 1 aromatic carbocycles. The fourth-order valence-corrected chi connectivity index (χ4v) is 1.89. The number of halogens is 1. The van der Waals surface area contributed by atoms with Gasteiger partial charge in [0.1, 0.15) is 0 Å². The predicted octanol–water partition coefficient (Wildman–Crippen LogP) is 3.08. The Morgan fingerprint density at radius 3 is 2.50 bits per heavy atom. The van der Waals surface area contributed by atoms with Crippen molar-refractivity contribution in [1.82, 2.24) is 5.06 Å². The summed E-state index contributed by atoms with van der Waals surface area (Å²) in [6, 6.07) is 5.18. The van der Waals surface area contributed by atoms with Crippen LogP contribution in [0.5, 0.6) is 0 Å². The standard InChI is InChI=1S/C13H19BrN2O2/c1-13(2,3)8-16(18-4)12(17)10-6-5-9(14)7-11(10)15/h5-7H,8,15H2,1-4H3. The maximum atomic E-state index is 12.3. The van der Waals surface area contributed by atoms with Crippen molar-refractivity contribution in [2.24, 2.45) is 5.41 Å². The van der Waals surface area contributed by atoms with Gasteiger partial charge in [-0.25, -0.2) is 5.06 Å². The van der Waals surface area contributed by atoms with E-state index in [9.17, 15) is 4.79 Å². The van der Waals surface area contributed by atoms with E-state index in [1.165, 1.54) is 12.2 Å². The number of hydroxylamine groups is 2. The molecular weight excluding hydrogens is 296 g/mol. The normalized spacial score (nSPS) is 11.4. The SMILES string of the molecule is CON(CC(C)(C)C)C(=O)c1ccc(Br)cc1N. The number of hydrogen-bond donors (Lipinski definition) is 1. The molecule has 1 aromatic rings. The van der Waals surface area contributed by atoms with E-state index in [2.05, 4.69) is 15.9 Å². The number of hydrogen-bond acceptors (Lipinski definition) is 3. The summed E-state index contributed by atoms with van der Waals surface area (Å²) in [6.45, 7) is 6.61. The van der Waals surface area contributed by atoms with Gasteiger partial charge in [-0.1, -0.05) is 36.7 Å². The van der Waals surface area contributed by atoms with Crippen molar-refractivity contribution in [2.75, 3.05) is 19.4 Å². The zero-order valence-corrected chi connectivity index (χ0v) is 12.7. The number of carbonyl (C=O) groups is 1. The molecule has 5 heteroatoms. The molecule has 2 N–H and O–H groups in total. The van der Waals surface area contributed by atoms with Gasteiger partial charge in [0.25, 0.3) is 5.91 Å². The van der Waals surface area contributed by atoms with Gasteiger partial charge in [-0.15, -0.1) is 0 Å². The molecule has 4 nitrogen and oxygen atoms in total. The smallest absolute Gasteiger partial charge is 0.279 e. The molecule has 0 bridgehead atoms. The summed E-state index contributed by atoms with van der Waals surface area (Å²) in [4.78, 5) is 17.4. The Bertz CT molecular complexity index is 441. The van der Waals surface area contributed by atoms with Crippen LogP contribution in [0.2, 0.25) is 0 Å². The van der Waals surface area contributed by atoms with Gasteiger partial charge < -0.3 is 5.73 Å². The number of benzene rings is 1. The van der Waals surface area contributed by atoms with E-state index in [4.69, 9.17) is 10.6 Å². The topological polar surface area (TPSA) is 55.6 Å². The number of amides is 1. The van der Waals surface area contributed by atoms with Crippen molar-refractivity contribution >= 4 is 27.5 Å². The second-order valence-electron chi connectivity index (χ2n) is 5.32. The first-order valence-electron chi connectivity index (χ1n) is 5.65. The lowest BCUT2D eigenvalue weighted by Gasteiger charge is -2.28. The number of nitrogens with two attached hydrogens (primary N) is 1. The summed E-state index contributed by atoms with van der Waals surface area (Å²) in [7, 11) is 1.48. The maximum absolute atomic E-state index is 12.3. The van der Waals surface area contributed by atoms with Crippen LogP contribution in [0.1, 0.15) is 31.1 Å². The fourth-order valence-electron chi connectivity index (χ4n) is 1.51. The van der Waals surface area contributed by atoms with Crippen LogP contribution in [0.15, 0.2) is 22.7 Å². The number of rotatable bonds is 3. The van der Waals surface area contributed by atoms with Crippen LogP contribution < -0.4 is 5.73 Å². The van der Waals surface area contributed by atoms with Crippen LogP contribution in [0.3, 0.4) is 0 Å². The highest BCUT2D eigenvalue weighted by Gasteiger charge is 2.23. The minimum atomic E-state index is -0.225. The Morgan fingerprint density at radius 2 is 2.06 bits per heavy atom. The van der Waals surface area contributed by atoms with Crippen molar-refractivity contribution in [3.63, 3.8) is 0 Å². The molecule has 18 heavy (non-hydrogen) atoms. The highest BCUT2D eigenvalue weighted by atomic mass is 79.9. The Morgan fingerprint density at radius 1 is 1.44 bits per heavy atom.